The molecule has 1 heterocycles. The van der Waals surface area contributed by atoms with Gasteiger partial charge in [0.25, 0.3) is 11.7 Å². The number of aliphatic hydroxyl groups excluding tert-OH is 1. The number of rotatable bonds is 7. The predicted octanol–water partition coefficient (Wildman–Crippen LogP) is 4.31. The number of phenols is 1. The van der Waals surface area contributed by atoms with Crippen LogP contribution in [0.3, 0.4) is 0 Å². The Morgan fingerprint density at radius 2 is 1.73 bits per heavy atom. The van der Waals surface area contributed by atoms with Crippen molar-refractivity contribution < 1.29 is 34.0 Å². The zero-order valence-corrected chi connectivity index (χ0v) is 20.4. The number of hydrogen-bond acceptors (Lipinski definition) is 8. The highest BCUT2D eigenvalue weighted by Gasteiger charge is 2.47. The Labute approximate surface area is 213 Å². The largest absolute Gasteiger partial charge is 0.507 e. The second-order valence-corrected chi connectivity index (χ2v) is 8.05. The molecule has 0 spiro atoms. The van der Waals surface area contributed by atoms with E-state index in [1.165, 1.54) is 49.5 Å². The molecule has 1 aliphatic heterocycles. The van der Waals surface area contributed by atoms with E-state index in [9.17, 15) is 19.8 Å². The Balaban J connectivity index is 1.98. The molecule has 3 aromatic carbocycles. The summed E-state index contributed by atoms with van der Waals surface area (Å²) in [6.45, 7) is 2.03. The number of aromatic hydroxyl groups is 1. The maximum atomic E-state index is 13.4. The van der Waals surface area contributed by atoms with Gasteiger partial charge in [-0.15, -0.1) is 0 Å². The first kappa shape index (κ1) is 25.1. The number of amides is 1. The van der Waals surface area contributed by atoms with Crippen LogP contribution in [0.4, 0.5) is 5.69 Å². The van der Waals surface area contributed by atoms with Crippen molar-refractivity contribution in [1.29, 1.82) is 5.26 Å². The summed E-state index contributed by atoms with van der Waals surface area (Å²) < 4.78 is 16.1. The van der Waals surface area contributed by atoms with Crippen LogP contribution < -0.4 is 19.1 Å². The maximum absolute atomic E-state index is 13.4. The van der Waals surface area contributed by atoms with Crippen molar-refractivity contribution in [3.05, 3.63) is 82.9 Å². The Hall–Kier alpha value is -4.97. The summed E-state index contributed by atoms with van der Waals surface area (Å²) >= 11 is 0. The van der Waals surface area contributed by atoms with Crippen molar-refractivity contribution in [1.82, 2.24) is 0 Å². The van der Waals surface area contributed by atoms with E-state index in [1.807, 2.05) is 6.07 Å². The first-order valence-corrected chi connectivity index (χ1v) is 11.3. The smallest absolute Gasteiger partial charge is 0.300 e. The number of benzene rings is 3. The lowest BCUT2D eigenvalue weighted by molar-refractivity contribution is -0.132. The lowest BCUT2D eigenvalue weighted by Gasteiger charge is -2.26. The topological polar surface area (TPSA) is 129 Å². The Morgan fingerprint density at radius 1 is 1.00 bits per heavy atom. The summed E-state index contributed by atoms with van der Waals surface area (Å²) in [7, 11) is 2.89. The molecule has 2 N–H and O–H groups in total. The standard InChI is InChI=1S/C28H24N2O7/c1-4-37-23-13-17(7-12-21(23)31)25-24(26(32)20-11-10-19(35-2)14-22(20)36-3)27(33)28(34)30(25)18-8-5-16(15-29)6-9-18/h5-14,25,31-32H,4H2,1-3H3/b26-24+. The predicted molar refractivity (Wildman–Crippen MR) is 135 cm³/mol. The molecule has 0 aliphatic carbocycles. The Bertz CT molecular complexity index is 1440. The van der Waals surface area contributed by atoms with Crippen LogP contribution in [0.2, 0.25) is 0 Å². The molecule has 1 fully saturated rings. The van der Waals surface area contributed by atoms with Crippen LogP contribution in [0.15, 0.2) is 66.2 Å². The average Bonchev–Trinajstić information content (AvgIpc) is 3.19. The molecule has 0 bridgehead atoms. The van der Waals surface area contributed by atoms with Gasteiger partial charge in [0.1, 0.15) is 17.3 Å². The fourth-order valence-electron chi connectivity index (χ4n) is 4.22. The highest BCUT2D eigenvalue weighted by Crippen LogP contribution is 2.45. The van der Waals surface area contributed by atoms with E-state index in [0.29, 0.717) is 22.6 Å². The number of hydrogen-bond donors (Lipinski definition) is 2. The molecule has 9 heteroatoms. The van der Waals surface area contributed by atoms with E-state index in [0.717, 1.165) is 0 Å². The summed E-state index contributed by atoms with van der Waals surface area (Å²) in [5.41, 5.74) is 1.15. The number of nitriles is 1. The van der Waals surface area contributed by atoms with E-state index < -0.39 is 23.5 Å². The van der Waals surface area contributed by atoms with Gasteiger partial charge in [-0.05, 0) is 61.0 Å². The van der Waals surface area contributed by atoms with Gasteiger partial charge in [-0.3, -0.25) is 14.5 Å². The highest BCUT2D eigenvalue weighted by molar-refractivity contribution is 6.51. The second-order valence-electron chi connectivity index (χ2n) is 8.05. The molecule has 0 aromatic heterocycles. The van der Waals surface area contributed by atoms with Crippen LogP contribution in [0, 0.1) is 11.3 Å². The second kappa shape index (κ2) is 10.3. The van der Waals surface area contributed by atoms with Gasteiger partial charge < -0.3 is 24.4 Å². The summed E-state index contributed by atoms with van der Waals surface area (Å²) in [6, 6.07) is 16.2. The van der Waals surface area contributed by atoms with Gasteiger partial charge in [0.2, 0.25) is 0 Å². The van der Waals surface area contributed by atoms with Crippen molar-refractivity contribution in [2.24, 2.45) is 0 Å². The summed E-state index contributed by atoms with van der Waals surface area (Å²) in [4.78, 5) is 28.0. The van der Waals surface area contributed by atoms with E-state index in [-0.39, 0.29) is 35.0 Å². The first-order valence-electron chi connectivity index (χ1n) is 11.3. The summed E-state index contributed by atoms with van der Waals surface area (Å²) in [6.07, 6.45) is 0. The van der Waals surface area contributed by atoms with Crippen LogP contribution in [0.5, 0.6) is 23.0 Å². The number of nitrogens with zero attached hydrogens (tertiary/aromatic N) is 2. The lowest BCUT2D eigenvalue weighted by Crippen LogP contribution is -2.29. The van der Waals surface area contributed by atoms with Crippen molar-refractivity contribution in [3.8, 4) is 29.1 Å². The molecular formula is C28H24N2O7. The van der Waals surface area contributed by atoms with Gasteiger partial charge >= 0.3 is 0 Å². The van der Waals surface area contributed by atoms with E-state index in [2.05, 4.69) is 0 Å². The molecule has 0 saturated carbocycles. The number of carbonyl (C=O) groups excluding carboxylic acids is 2. The molecule has 4 rings (SSSR count). The van der Waals surface area contributed by atoms with E-state index >= 15 is 0 Å². The number of ketones is 1. The molecule has 1 amide bonds. The SMILES string of the molecule is CCOc1cc(C2/C(=C(\O)c3ccc(OC)cc3OC)C(=O)C(=O)N2c2ccc(C#N)cc2)ccc1O. The molecular weight excluding hydrogens is 476 g/mol. The molecule has 37 heavy (non-hydrogen) atoms. The number of Topliss-reactive ketones (excluding diaryl/α,β-unsaturated/α-hetero) is 1. The number of phenolic OH excluding ortho intramolecular Hbond substituents is 1. The van der Waals surface area contributed by atoms with Crippen LogP contribution >= 0.6 is 0 Å². The fraction of sp³-hybridized carbons (Fsp3) is 0.179. The molecule has 1 unspecified atom stereocenters. The monoisotopic (exact) mass is 500 g/mol. The van der Waals surface area contributed by atoms with Crippen LogP contribution in [0.25, 0.3) is 5.76 Å². The molecule has 9 nitrogen and oxygen atoms in total. The van der Waals surface area contributed by atoms with Gasteiger partial charge in [-0.25, -0.2) is 0 Å². The first-order chi connectivity index (χ1) is 17.8. The molecule has 1 saturated heterocycles. The minimum Gasteiger partial charge on any atom is -0.507 e. The van der Waals surface area contributed by atoms with Crippen molar-refractivity contribution >= 4 is 23.1 Å². The molecule has 3 aromatic rings. The Kier molecular flexibility index (Phi) is 7.02. The van der Waals surface area contributed by atoms with Gasteiger partial charge in [-0.2, -0.15) is 5.26 Å². The quantitative estimate of drug-likeness (QED) is 0.279. The number of carbonyl (C=O) groups is 2. The minimum atomic E-state index is -1.07. The van der Waals surface area contributed by atoms with Crippen LogP contribution in [-0.4, -0.2) is 42.7 Å². The number of methoxy groups -OCH3 is 2. The van der Waals surface area contributed by atoms with Gasteiger partial charge in [0.15, 0.2) is 11.5 Å². The third-order valence-corrected chi connectivity index (χ3v) is 5.98. The highest BCUT2D eigenvalue weighted by atomic mass is 16.5. The van der Waals surface area contributed by atoms with Crippen LogP contribution in [-0.2, 0) is 9.59 Å². The number of anilines is 1. The minimum absolute atomic E-state index is 0.113. The zero-order chi connectivity index (χ0) is 26.7. The normalized spacial score (nSPS) is 16.4. The third-order valence-electron chi connectivity index (χ3n) is 5.98. The van der Waals surface area contributed by atoms with E-state index in [1.54, 1.807) is 37.3 Å². The third kappa shape index (κ3) is 4.52. The molecule has 1 aliphatic rings. The average molecular weight is 501 g/mol. The Morgan fingerprint density at radius 3 is 2.35 bits per heavy atom. The molecule has 1 atom stereocenters. The lowest BCUT2D eigenvalue weighted by atomic mass is 9.94. The number of ether oxygens (including phenoxy) is 3. The zero-order valence-electron chi connectivity index (χ0n) is 20.4. The fourth-order valence-corrected chi connectivity index (χ4v) is 4.22. The molecule has 188 valence electrons. The number of aliphatic hydroxyl groups is 1. The van der Waals surface area contributed by atoms with Crippen LogP contribution in [0.1, 0.15) is 29.7 Å². The van der Waals surface area contributed by atoms with Gasteiger partial charge in [0, 0.05) is 11.8 Å². The molecule has 0 radical (unpaired) electrons. The summed E-state index contributed by atoms with van der Waals surface area (Å²) in [5, 5.41) is 30.8. The van der Waals surface area contributed by atoms with Gasteiger partial charge in [0.05, 0.1) is 49.6 Å². The van der Waals surface area contributed by atoms with Crippen molar-refractivity contribution in [2.45, 2.75) is 13.0 Å². The van der Waals surface area contributed by atoms with Crippen molar-refractivity contribution in [2.75, 3.05) is 25.7 Å². The van der Waals surface area contributed by atoms with Crippen molar-refractivity contribution in [3.63, 3.8) is 0 Å². The van der Waals surface area contributed by atoms with E-state index in [4.69, 9.17) is 19.5 Å². The maximum Gasteiger partial charge on any atom is 0.300 e. The summed E-state index contributed by atoms with van der Waals surface area (Å²) in [5.74, 6) is -1.45. The van der Waals surface area contributed by atoms with Gasteiger partial charge in [-0.1, -0.05) is 6.07 Å².